The number of anilines is 1. The number of halogens is 1. The van der Waals surface area contributed by atoms with Crippen LogP contribution in [0.2, 0.25) is 5.02 Å². The molecular formula is C19H21ClN2O4S. The second kappa shape index (κ2) is 8.29. The molecule has 3 rings (SSSR count). The van der Waals surface area contributed by atoms with Crippen LogP contribution in [-0.4, -0.2) is 38.0 Å². The van der Waals surface area contributed by atoms with Crippen molar-refractivity contribution in [3.63, 3.8) is 0 Å². The molecule has 1 aliphatic rings. The molecule has 6 nitrogen and oxygen atoms in total. The monoisotopic (exact) mass is 408 g/mol. The molecule has 0 aromatic heterocycles. The van der Waals surface area contributed by atoms with Crippen LogP contribution in [0.25, 0.3) is 0 Å². The van der Waals surface area contributed by atoms with Crippen LogP contribution in [0.5, 0.6) is 11.5 Å². The number of carbonyl (C=O) groups excluding carboxylic acids is 1. The summed E-state index contributed by atoms with van der Waals surface area (Å²) in [4.78, 5) is 12.7. The zero-order valence-electron chi connectivity index (χ0n) is 14.9. The van der Waals surface area contributed by atoms with Crippen LogP contribution in [0, 0.1) is 5.92 Å². The molecule has 2 aromatic carbocycles. The average Bonchev–Trinajstić information content (AvgIpc) is 2.64. The lowest BCUT2D eigenvalue weighted by Gasteiger charge is -2.29. The molecule has 8 heteroatoms. The Morgan fingerprint density at radius 3 is 2.44 bits per heavy atom. The number of ether oxygens (including phenoxy) is 1. The summed E-state index contributed by atoms with van der Waals surface area (Å²) in [5, 5.41) is 3.36. The lowest BCUT2D eigenvalue weighted by molar-refractivity contribution is -0.120. The van der Waals surface area contributed by atoms with E-state index in [4.69, 9.17) is 16.3 Å². The van der Waals surface area contributed by atoms with Crippen molar-refractivity contribution in [1.82, 2.24) is 4.31 Å². The fraction of sp³-hybridized carbons (Fsp3) is 0.316. The number of benzene rings is 2. The van der Waals surface area contributed by atoms with Crippen LogP contribution < -0.4 is 10.1 Å². The van der Waals surface area contributed by atoms with Gasteiger partial charge in [0.1, 0.15) is 5.75 Å². The smallest absolute Gasteiger partial charge is 0.227 e. The molecule has 1 amide bonds. The molecule has 0 atom stereocenters. The number of rotatable bonds is 5. The predicted molar refractivity (Wildman–Crippen MR) is 106 cm³/mol. The minimum absolute atomic E-state index is 0.164. The molecule has 27 heavy (non-hydrogen) atoms. The highest BCUT2D eigenvalue weighted by Gasteiger charge is 2.29. The molecule has 144 valence electrons. The molecule has 1 saturated heterocycles. The van der Waals surface area contributed by atoms with E-state index in [1.54, 1.807) is 18.2 Å². The normalized spacial score (nSPS) is 16.1. The Hall–Kier alpha value is -2.09. The molecule has 1 fully saturated rings. The van der Waals surface area contributed by atoms with E-state index < -0.39 is 10.0 Å². The summed E-state index contributed by atoms with van der Waals surface area (Å²) in [6.45, 7) is 0.694. The quantitative estimate of drug-likeness (QED) is 0.817. The van der Waals surface area contributed by atoms with Crippen molar-refractivity contribution < 1.29 is 17.9 Å². The van der Waals surface area contributed by atoms with Crippen LogP contribution in [0.15, 0.2) is 48.5 Å². The van der Waals surface area contributed by atoms with E-state index >= 15 is 0 Å². The number of carbonyl (C=O) groups is 1. The van der Waals surface area contributed by atoms with Gasteiger partial charge in [-0.2, -0.15) is 0 Å². The van der Waals surface area contributed by atoms with Crippen molar-refractivity contribution >= 4 is 33.2 Å². The molecule has 0 spiro atoms. The largest absolute Gasteiger partial charge is 0.455 e. The van der Waals surface area contributed by atoms with E-state index in [1.165, 1.54) is 10.6 Å². The lowest BCUT2D eigenvalue weighted by atomic mass is 9.97. The highest BCUT2D eigenvalue weighted by molar-refractivity contribution is 7.88. The Bertz CT molecular complexity index is 911. The van der Waals surface area contributed by atoms with Gasteiger partial charge >= 0.3 is 0 Å². The van der Waals surface area contributed by atoms with Gasteiger partial charge in [-0.05, 0) is 43.2 Å². The summed E-state index contributed by atoms with van der Waals surface area (Å²) < 4.78 is 30.5. The van der Waals surface area contributed by atoms with Gasteiger partial charge in [-0.3, -0.25) is 4.79 Å². The van der Waals surface area contributed by atoms with Gasteiger partial charge in [0, 0.05) is 24.0 Å². The minimum atomic E-state index is -3.22. The van der Waals surface area contributed by atoms with Gasteiger partial charge < -0.3 is 10.1 Å². The number of piperidine rings is 1. The fourth-order valence-electron chi connectivity index (χ4n) is 2.99. The second-order valence-corrected chi connectivity index (χ2v) is 8.90. The molecule has 1 heterocycles. The maximum Gasteiger partial charge on any atom is 0.227 e. The molecule has 0 aliphatic carbocycles. The van der Waals surface area contributed by atoms with Crippen LogP contribution in [-0.2, 0) is 14.8 Å². The van der Waals surface area contributed by atoms with Crippen LogP contribution in [0.3, 0.4) is 0 Å². The average molecular weight is 409 g/mol. The minimum Gasteiger partial charge on any atom is -0.455 e. The standard InChI is InChI=1S/C19H21ClN2O4S/c1-27(24,25)22-11-9-14(10-12-22)19(23)21-17-13-15(20)7-8-18(17)26-16-5-3-2-4-6-16/h2-8,13-14H,9-12H2,1H3,(H,21,23). The van der Waals surface area contributed by atoms with Gasteiger partial charge in [0.15, 0.2) is 5.75 Å². The lowest BCUT2D eigenvalue weighted by Crippen LogP contribution is -2.40. The van der Waals surface area contributed by atoms with Gasteiger partial charge in [-0.1, -0.05) is 29.8 Å². The van der Waals surface area contributed by atoms with Gasteiger partial charge in [0.25, 0.3) is 0 Å². The van der Waals surface area contributed by atoms with Crippen LogP contribution in [0.4, 0.5) is 5.69 Å². The first-order valence-corrected chi connectivity index (χ1v) is 10.8. The van der Waals surface area contributed by atoms with E-state index in [1.807, 2.05) is 30.3 Å². The molecule has 2 aromatic rings. The first kappa shape index (κ1) is 19.7. The third-order valence-corrected chi connectivity index (χ3v) is 6.00. The SMILES string of the molecule is CS(=O)(=O)N1CCC(C(=O)Nc2cc(Cl)ccc2Oc2ccccc2)CC1. The Balaban J connectivity index is 1.70. The van der Waals surface area contributed by atoms with Crippen molar-refractivity contribution in [2.24, 2.45) is 5.92 Å². The van der Waals surface area contributed by atoms with Crippen molar-refractivity contribution in [3.05, 3.63) is 53.6 Å². The maximum absolute atomic E-state index is 12.7. The summed E-state index contributed by atoms with van der Waals surface area (Å²) in [6.07, 6.45) is 2.15. The Morgan fingerprint density at radius 1 is 1.15 bits per heavy atom. The molecule has 0 bridgehead atoms. The number of nitrogens with one attached hydrogen (secondary N) is 1. The van der Waals surface area contributed by atoms with Crippen LogP contribution >= 0.6 is 11.6 Å². The molecule has 0 radical (unpaired) electrons. The van der Waals surface area contributed by atoms with E-state index in [9.17, 15) is 13.2 Å². The fourth-order valence-corrected chi connectivity index (χ4v) is 4.04. The summed E-state index contributed by atoms with van der Waals surface area (Å²) in [5.74, 6) is 0.721. The number of para-hydroxylation sites is 1. The van der Waals surface area contributed by atoms with Gasteiger partial charge in [-0.25, -0.2) is 12.7 Å². The zero-order chi connectivity index (χ0) is 19.4. The first-order valence-electron chi connectivity index (χ1n) is 8.61. The zero-order valence-corrected chi connectivity index (χ0v) is 16.5. The van der Waals surface area contributed by atoms with Crippen molar-refractivity contribution in [2.75, 3.05) is 24.7 Å². The highest BCUT2D eigenvalue weighted by atomic mass is 35.5. The number of amides is 1. The van der Waals surface area contributed by atoms with E-state index in [2.05, 4.69) is 5.32 Å². The van der Waals surface area contributed by atoms with Gasteiger partial charge in [0.05, 0.1) is 11.9 Å². The van der Waals surface area contributed by atoms with Crippen molar-refractivity contribution in [2.45, 2.75) is 12.8 Å². The summed E-state index contributed by atoms with van der Waals surface area (Å²) in [7, 11) is -3.22. The van der Waals surface area contributed by atoms with Gasteiger partial charge in [-0.15, -0.1) is 0 Å². The first-order chi connectivity index (χ1) is 12.8. The Morgan fingerprint density at radius 2 is 1.81 bits per heavy atom. The molecule has 1 aliphatic heterocycles. The highest BCUT2D eigenvalue weighted by Crippen LogP contribution is 2.33. The maximum atomic E-state index is 12.7. The summed E-state index contributed by atoms with van der Waals surface area (Å²) in [5.41, 5.74) is 0.488. The number of nitrogens with zero attached hydrogens (tertiary/aromatic N) is 1. The number of sulfonamides is 1. The molecule has 1 N–H and O–H groups in total. The molecule has 0 saturated carbocycles. The topological polar surface area (TPSA) is 75.7 Å². The van der Waals surface area contributed by atoms with E-state index in [0.29, 0.717) is 48.1 Å². The van der Waals surface area contributed by atoms with E-state index in [-0.39, 0.29) is 11.8 Å². The third kappa shape index (κ3) is 5.22. The van der Waals surface area contributed by atoms with Crippen molar-refractivity contribution in [3.8, 4) is 11.5 Å². The van der Waals surface area contributed by atoms with Gasteiger partial charge in [0.2, 0.25) is 15.9 Å². The number of hydrogen-bond donors (Lipinski definition) is 1. The predicted octanol–water partition coefficient (Wildman–Crippen LogP) is 3.74. The summed E-state index contributed by atoms with van der Waals surface area (Å²) in [6, 6.07) is 14.3. The van der Waals surface area contributed by atoms with E-state index in [0.717, 1.165) is 0 Å². The summed E-state index contributed by atoms with van der Waals surface area (Å²) >= 11 is 6.08. The molecule has 0 unspecified atom stereocenters. The molecular weight excluding hydrogens is 388 g/mol. The third-order valence-electron chi connectivity index (χ3n) is 4.46. The second-order valence-electron chi connectivity index (χ2n) is 6.48. The Labute approximate surface area is 164 Å². The van der Waals surface area contributed by atoms with Crippen LogP contribution in [0.1, 0.15) is 12.8 Å². The van der Waals surface area contributed by atoms with Crippen molar-refractivity contribution in [1.29, 1.82) is 0 Å². The Kier molecular flexibility index (Phi) is 6.04. The number of hydrogen-bond acceptors (Lipinski definition) is 4.